The Labute approximate surface area is 411 Å². The minimum absolute atomic E-state index is 0.0306. The predicted molar refractivity (Wildman–Crippen MR) is 297 cm³/mol. The minimum Gasteiger partial charge on any atom is -0.469 e. The molecule has 0 saturated heterocycles. The lowest BCUT2D eigenvalue weighted by molar-refractivity contribution is 0.0346. The third-order valence-corrected chi connectivity index (χ3v) is 16.3. The number of furan rings is 1. The summed E-state index contributed by atoms with van der Waals surface area (Å²) in [5.74, 6) is 1.58. The second kappa shape index (κ2) is 22.1. The van der Waals surface area contributed by atoms with E-state index in [-0.39, 0.29) is 33.0 Å². The van der Waals surface area contributed by atoms with Crippen molar-refractivity contribution < 1.29 is 4.42 Å². The van der Waals surface area contributed by atoms with Crippen LogP contribution >= 0.6 is 0 Å². The first-order valence-corrected chi connectivity index (χ1v) is 26.2. The first-order valence-electron chi connectivity index (χ1n) is 26.2. The fourth-order valence-electron chi connectivity index (χ4n) is 11.2. The Morgan fingerprint density at radius 2 is 1.61 bits per heavy atom. The number of rotatable bonds is 20. The van der Waals surface area contributed by atoms with Gasteiger partial charge >= 0.3 is 0 Å². The summed E-state index contributed by atoms with van der Waals surface area (Å²) in [4.78, 5) is 2.40. The van der Waals surface area contributed by atoms with Crippen LogP contribution in [0, 0.1) is 39.9 Å². The third kappa shape index (κ3) is 12.7. The molecule has 3 aliphatic carbocycles. The van der Waals surface area contributed by atoms with E-state index in [4.69, 9.17) is 4.42 Å². The van der Waals surface area contributed by atoms with E-state index in [1.54, 1.807) is 0 Å². The van der Waals surface area contributed by atoms with E-state index in [1.165, 1.54) is 59.0 Å². The molecule has 1 N–H and O–H groups in total. The number of nitrogens with one attached hydrogen (secondary N) is 1. The van der Waals surface area contributed by atoms with Gasteiger partial charge in [0.05, 0.1) is 11.3 Å². The summed E-state index contributed by atoms with van der Waals surface area (Å²) in [6.07, 6.45) is 40.1. The highest BCUT2D eigenvalue weighted by Gasteiger charge is 2.45. The van der Waals surface area contributed by atoms with Gasteiger partial charge in [-0.3, -0.25) is 0 Å². The van der Waals surface area contributed by atoms with Crippen LogP contribution in [0.25, 0.3) is 11.0 Å². The van der Waals surface area contributed by atoms with Gasteiger partial charge in [0.25, 0.3) is 0 Å². The highest BCUT2D eigenvalue weighted by Crippen LogP contribution is 2.54. The molecule has 0 aliphatic heterocycles. The van der Waals surface area contributed by atoms with Crippen LogP contribution in [0.5, 0.6) is 0 Å². The summed E-state index contributed by atoms with van der Waals surface area (Å²) in [7, 11) is 2.30. The Bertz CT molecular complexity index is 2320. The average molecular weight is 904 g/mol. The standard InChI is InChI=1S/C63H92BN2O/c1-19-24-32-59(9,10)48-26-28-49(29-27-48)64-58-57(51-41-54-55(42-56(51)67-58)63(17,18)36-35-62(54,15)16)66(38-31-53-52(23-5)60(11,12)33-34-61(53,13)14)50(25-20-2)30-37-65-43-47(40-46(21-3)22-4)45(8)39-44(6)7/h20-21,23,25-26,28-31,37-42,44,48,52-53,65H,2,5,19,22,24,27,32-36,43H2,1,3-4,6-18H3/b37-30+,38-31+,45-39-,46-21-,47-40+,50-25+. The van der Waals surface area contributed by atoms with E-state index in [2.05, 4.69) is 227 Å². The Morgan fingerprint density at radius 1 is 0.955 bits per heavy atom. The molecule has 3 nitrogen and oxygen atoms in total. The number of fused-ring (bicyclic) bond motifs is 2. The molecule has 1 saturated carbocycles. The highest BCUT2D eigenvalue weighted by molar-refractivity contribution is 6.63. The van der Waals surface area contributed by atoms with E-state index in [0.29, 0.717) is 24.3 Å². The number of nitrogens with zero attached hydrogens (tertiary/aromatic N) is 1. The lowest BCUT2D eigenvalue weighted by Crippen LogP contribution is -2.42. The molecule has 4 heteroatoms. The normalized spacial score (nSPS) is 23.2. The van der Waals surface area contributed by atoms with Gasteiger partial charge in [0.2, 0.25) is 7.28 Å². The Hall–Kier alpha value is -4.18. The summed E-state index contributed by atoms with van der Waals surface area (Å²) in [5.41, 5.74) is 12.4. The van der Waals surface area contributed by atoms with Crippen molar-refractivity contribution in [1.29, 1.82) is 0 Å². The summed E-state index contributed by atoms with van der Waals surface area (Å²) in [5, 5.41) is 4.87. The molecule has 0 bridgehead atoms. The zero-order valence-corrected chi connectivity index (χ0v) is 45.4. The average Bonchev–Trinajstić information content (AvgIpc) is 3.61. The van der Waals surface area contributed by atoms with Gasteiger partial charge in [-0.25, -0.2) is 0 Å². The van der Waals surface area contributed by atoms with E-state index >= 15 is 0 Å². The second-order valence-electron chi connectivity index (χ2n) is 24.1. The van der Waals surface area contributed by atoms with E-state index in [1.807, 2.05) is 6.08 Å². The topological polar surface area (TPSA) is 28.4 Å². The van der Waals surface area contributed by atoms with Crippen molar-refractivity contribution in [2.24, 2.45) is 39.9 Å². The van der Waals surface area contributed by atoms with Crippen molar-refractivity contribution in [3.8, 4) is 0 Å². The van der Waals surface area contributed by atoms with E-state index in [0.717, 1.165) is 60.1 Å². The third-order valence-electron chi connectivity index (χ3n) is 16.3. The first kappa shape index (κ1) is 53.8. The predicted octanol–water partition coefficient (Wildman–Crippen LogP) is 17.4. The molecule has 3 aliphatic rings. The van der Waals surface area contributed by atoms with Crippen LogP contribution in [0.3, 0.4) is 0 Å². The molecular weight excluding hydrogens is 812 g/mol. The molecule has 0 spiro atoms. The molecule has 1 heterocycles. The van der Waals surface area contributed by atoms with Gasteiger partial charge in [-0.2, -0.15) is 0 Å². The van der Waals surface area contributed by atoms with Crippen molar-refractivity contribution in [2.75, 3.05) is 11.4 Å². The molecule has 1 aromatic carbocycles. The van der Waals surface area contributed by atoms with Crippen molar-refractivity contribution in [3.63, 3.8) is 0 Å². The number of anilines is 1. The molecule has 0 amide bonds. The van der Waals surface area contributed by atoms with Gasteiger partial charge < -0.3 is 14.6 Å². The van der Waals surface area contributed by atoms with Crippen molar-refractivity contribution in [1.82, 2.24) is 5.32 Å². The van der Waals surface area contributed by atoms with Gasteiger partial charge in [0, 0.05) is 23.8 Å². The fourth-order valence-corrected chi connectivity index (χ4v) is 11.2. The van der Waals surface area contributed by atoms with Gasteiger partial charge in [-0.05, 0) is 162 Å². The molecular formula is C63H92BN2O. The number of hydrogen-bond donors (Lipinski definition) is 1. The van der Waals surface area contributed by atoms with Crippen LogP contribution in [-0.4, -0.2) is 13.8 Å². The first-order chi connectivity index (χ1) is 31.4. The number of unbranched alkanes of at least 4 members (excludes halogenated alkanes) is 1. The number of benzene rings is 1. The van der Waals surface area contributed by atoms with Crippen LogP contribution in [0.2, 0.25) is 0 Å². The summed E-state index contributed by atoms with van der Waals surface area (Å²) < 4.78 is 7.23. The lowest BCUT2D eigenvalue weighted by Gasteiger charge is -2.50. The molecule has 1 radical (unpaired) electrons. The summed E-state index contributed by atoms with van der Waals surface area (Å²) >= 11 is 0. The largest absolute Gasteiger partial charge is 0.469 e. The quantitative estimate of drug-likeness (QED) is 0.0815. The zero-order valence-electron chi connectivity index (χ0n) is 45.4. The molecule has 363 valence electrons. The maximum Gasteiger partial charge on any atom is 0.243 e. The molecule has 1 aromatic heterocycles. The summed E-state index contributed by atoms with van der Waals surface area (Å²) in [6.45, 7) is 47.2. The van der Waals surface area contributed by atoms with Crippen molar-refractivity contribution >= 4 is 29.6 Å². The number of allylic oxidation sites excluding steroid dienone is 13. The monoisotopic (exact) mass is 904 g/mol. The molecule has 1 fully saturated rings. The molecule has 2 aromatic rings. The molecule has 3 unspecified atom stereocenters. The van der Waals surface area contributed by atoms with Crippen LogP contribution in [0.15, 0.2) is 137 Å². The van der Waals surface area contributed by atoms with E-state index < -0.39 is 0 Å². The Balaban J connectivity index is 1.73. The smallest absolute Gasteiger partial charge is 0.243 e. The SMILES string of the molecule is C=C/C=C(\C=C\NCC(=C\C(=C/C)CC)/C(C)=C\C(C)C)N(/C=C/C1C(C=C)C(C)(C)CCC1(C)C)c1c([B]C2=CCC(C(C)(C)CCCC)C=C2)oc2cc3c(cc12)C(C)(C)CCC3(C)C. The van der Waals surface area contributed by atoms with E-state index in [9.17, 15) is 0 Å². The van der Waals surface area contributed by atoms with Gasteiger partial charge in [0.15, 0.2) is 0 Å². The van der Waals surface area contributed by atoms with Crippen LogP contribution in [0.4, 0.5) is 5.69 Å². The van der Waals surface area contributed by atoms with Gasteiger partial charge in [0.1, 0.15) is 5.58 Å². The van der Waals surface area contributed by atoms with Crippen molar-refractivity contribution in [3.05, 3.63) is 144 Å². The summed E-state index contributed by atoms with van der Waals surface area (Å²) in [6, 6.07) is 4.87. The Kier molecular flexibility index (Phi) is 17.7. The highest BCUT2D eigenvalue weighted by atomic mass is 16.3. The number of hydrogen-bond acceptors (Lipinski definition) is 3. The van der Waals surface area contributed by atoms with Crippen molar-refractivity contribution in [2.45, 2.75) is 179 Å². The maximum absolute atomic E-state index is 7.23. The van der Waals surface area contributed by atoms with Gasteiger partial charge in [-0.1, -0.05) is 182 Å². The van der Waals surface area contributed by atoms with Crippen LogP contribution < -0.4 is 15.9 Å². The molecule has 67 heavy (non-hydrogen) atoms. The molecule has 5 rings (SSSR count). The second-order valence-corrected chi connectivity index (χ2v) is 24.1. The van der Waals surface area contributed by atoms with Gasteiger partial charge in [-0.15, -0.1) is 6.58 Å². The van der Waals surface area contributed by atoms with Crippen LogP contribution in [-0.2, 0) is 10.8 Å². The fraction of sp³-hybridized carbons (Fsp3) is 0.556. The van der Waals surface area contributed by atoms with Crippen LogP contribution in [0.1, 0.15) is 180 Å². The maximum atomic E-state index is 7.23. The molecule has 3 atom stereocenters. The Morgan fingerprint density at radius 3 is 2.18 bits per heavy atom. The zero-order chi connectivity index (χ0) is 49.5. The minimum atomic E-state index is 0.0306. The lowest BCUT2D eigenvalue weighted by atomic mass is 9.54.